The molecule has 3 aromatic rings. The first-order chi connectivity index (χ1) is 18.5. The molecule has 6 rings (SSSR count). The summed E-state index contributed by atoms with van der Waals surface area (Å²) >= 11 is 0. The highest BCUT2D eigenvalue weighted by atomic mass is 14.4. The lowest BCUT2D eigenvalue weighted by atomic mass is 9.77. The van der Waals surface area contributed by atoms with E-state index in [-0.39, 0.29) is 17.8 Å². The molecular formula is C39H42. The number of allylic oxidation sites excluding steroid dienone is 4. The molecule has 4 unspecified atom stereocenters. The fourth-order valence-corrected chi connectivity index (χ4v) is 7.84. The first kappa shape index (κ1) is 25.9. The molecule has 0 spiro atoms. The van der Waals surface area contributed by atoms with Gasteiger partial charge in [-0.3, -0.25) is 0 Å². The molecule has 0 fully saturated rings. The SMILES string of the molecule is C=C1Cc2cc(C)c3cc2C2C(=Cc4cc(C)c(cc42)C1C)CC(C(=C)C)c1cc(c(C)cc1C)C3C(=C)C. The molecule has 0 amide bonds. The van der Waals surface area contributed by atoms with Gasteiger partial charge in [0, 0.05) is 23.7 Å². The average molecular weight is 511 g/mol. The van der Waals surface area contributed by atoms with Crippen molar-refractivity contribution in [2.24, 2.45) is 0 Å². The van der Waals surface area contributed by atoms with Crippen LogP contribution < -0.4 is 0 Å². The van der Waals surface area contributed by atoms with E-state index in [0.29, 0.717) is 5.92 Å². The van der Waals surface area contributed by atoms with Crippen LogP contribution in [-0.4, -0.2) is 0 Å². The Labute approximate surface area is 235 Å². The molecule has 0 saturated heterocycles. The van der Waals surface area contributed by atoms with Crippen molar-refractivity contribution in [3.8, 4) is 0 Å². The van der Waals surface area contributed by atoms with E-state index < -0.39 is 0 Å². The minimum atomic E-state index is 0.162. The molecule has 3 aromatic carbocycles. The lowest BCUT2D eigenvalue weighted by Gasteiger charge is -2.27. The zero-order valence-corrected chi connectivity index (χ0v) is 24.9. The van der Waals surface area contributed by atoms with Gasteiger partial charge in [0.1, 0.15) is 0 Å². The van der Waals surface area contributed by atoms with Crippen LogP contribution in [0.4, 0.5) is 0 Å². The van der Waals surface area contributed by atoms with Gasteiger partial charge in [-0.25, -0.2) is 0 Å². The van der Waals surface area contributed by atoms with Crippen LogP contribution in [-0.2, 0) is 6.42 Å². The summed E-state index contributed by atoms with van der Waals surface area (Å²) in [4.78, 5) is 0. The van der Waals surface area contributed by atoms with Gasteiger partial charge in [-0.15, -0.1) is 0 Å². The van der Waals surface area contributed by atoms with Gasteiger partial charge < -0.3 is 0 Å². The second kappa shape index (κ2) is 9.09. The molecule has 0 saturated carbocycles. The molecule has 198 valence electrons. The topological polar surface area (TPSA) is 0 Å². The predicted octanol–water partition coefficient (Wildman–Crippen LogP) is 10.4. The summed E-state index contributed by atoms with van der Waals surface area (Å²) in [6, 6.07) is 14.9. The Balaban J connectivity index is 1.74. The highest BCUT2D eigenvalue weighted by molar-refractivity contribution is 5.73. The van der Waals surface area contributed by atoms with E-state index in [9.17, 15) is 0 Å². The van der Waals surface area contributed by atoms with E-state index in [1.54, 1.807) is 0 Å². The molecule has 3 aliphatic rings. The van der Waals surface area contributed by atoms with Crippen LogP contribution >= 0.6 is 0 Å². The average Bonchev–Trinajstić information content (AvgIpc) is 3.20. The number of benzene rings is 3. The van der Waals surface area contributed by atoms with E-state index in [4.69, 9.17) is 0 Å². The van der Waals surface area contributed by atoms with E-state index >= 15 is 0 Å². The van der Waals surface area contributed by atoms with Crippen molar-refractivity contribution >= 4 is 6.08 Å². The van der Waals surface area contributed by atoms with Crippen molar-refractivity contribution < 1.29 is 0 Å². The van der Waals surface area contributed by atoms with Gasteiger partial charge in [0.2, 0.25) is 0 Å². The van der Waals surface area contributed by atoms with Gasteiger partial charge in [-0.05, 0) is 121 Å². The summed E-state index contributed by atoms with van der Waals surface area (Å²) in [5, 5.41) is 0. The number of fused-ring (bicyclic) bond motifs is 4. The zero-order valence-electron chi connectivity index (χ0n) is 24.9. The molecule has 0 aliphatic heterocycles. The van der Waals surface area contributed by atoms with E-state index in [1.165, 1.54) is 89.1 Å². The van der Waals surface area contributed by atoms with Crippen LogP contribution in [0, 0.1) is 27.7 Å². The van der Waals surface area contributed by atoms with Crippen molar-refractivity contribution in [3.05, 3.63) is 145 Å². The van der Waals surface area contributed by atoms with Crippen molar-refractivity contribution in [2.45, 2.75) is 85.0 Å². The van der Waals surface area contributed by atoms with E-state index in [1.807, 2.05) is 0 Å². The molecule has 0 heteroatoms. The molecule has 0 N–H and O–H groups in total. The molecule has 4 atom stereocenters. The lowest BCUT2D eigenvalue weighted by Crippen LogP contribution is -2.11. The monoisotopic (exact) mass is 510 g/mol. The Bertz CT molecular complexity index is 1640. The van der Waals surface area contributed by atoms with Crippen LogP contribution in [0.1, 0.15) is 118 Å². The lowest BCUT2D eigenvalue weighted by molar-refractivity contribution is 0.738. The number of rotatable bonds is 2. The first-order valence-corrected chi connectivity index (χ1v) is 14.5. The molecule has 0 nitrogen and oxygen atoms in total. The minimum Gasteiger partial charge on any atom is -0.0995 e. The second-order valence-electron chi connectivity index (χ2n) is 12.9. The number of hydrogen-bond acceptors (Lipinski definition) is 0. The second-order valence-corrected chi connectivity index (χ2v) is 12.9. The van der Waals surface area contributed by atoms with Crippen molar-refractivity contribution in [1.29, 1.82) is 0 Å². The smallest absolute Gasteiger partial charge is 0.0311 e. The van der Waals surface area contributed by atoms with Gasteiger partial charge in [0.15, 0.2) is 0 Å². The summed E-state index contributed by atoms with van der Waals surface area (Å²) in [6.07, 6.45) is 4.42. The maximum atomic E-state index is 4.63. The van der Waals surface area contributed by atoms with Crippen LogP contribution in [0.5, 0.6) is 0 Å². The van der Waals surface area contributed by atoms with Gasteiger partial charge in [0.05, 0.1) is 0 Å². The van der Waals surface area contributed by atoms with Crippen LogP contribution in [0.25, 0.3) is 6.08 Å². The largest absolute Gasteiger partial charge is 0.0995 e. The van der Waals surface area contributed by atoms with Gasteiger partial charge in [-0.1, -0.05) is 91.4 Å². The Kier molecular flexibility index (Phi) is 6.03. The first-order valence-electron chi connectivity index (χ1n) is 14.5. The number of hydrogen-bond donors (Lipinski definition) is 0. The number of aryl methyl sites for hydroxylation is 4. The summed E-state index contributed by atoms with van der Waals surface area (Å²) in [5.41, 5.74) is 22.1. The fourth-order valence-electron chi connectivity index (χ4n) is 7.84. The Morgan fingerprint density at radius 3 is 1.95 bits per heavy atom. The third kappa shape index (κ3) is 3.95. The fraction of sp³-hybridized carbons (Fsp3) is 0.333. The van der Waals surface area contributed by atoms with E-state index in [2.05, 4.69) is 111 Å². The maximum Gasteiger partial charge on any atom is 0.0311 e. The predicted molar refractivity (Wildman–Crippen MR) is 168 cm³/mol. The Morgan fingerprint density at radius 1 is 0.692 bits per heavy atom. The Morgan fingerprint density at radius 2 is 1.28 bits per heavy atom. The quantitative estimate of drug-likeness (QED) is 0.301. The summed E-state index contributed by atoms with van der Waals surface area (Å²) in [5.74, 6) is 1.03. The molecule has 3 aliphatic carbocycles. The maximum absolute atomic E-state index is 4.63. The zero-order chi connectivity index (χ0) is 27.9. The molecule has 39 heavy (non-hydrogen) atoms. The molecule has 6 bridgehead atoms. The molecule has 0 aromatic heterocycles. The van der Waals surface area contributed by atoms with Gasteiger partial charge >= 0.3 is 0 Å². The van der Waals surface area contributed by atoms with Gasteiger partial charge in [0.25, 0.3) is 0 Å². The van der Waals surface area contributed by atoms with Crippen LogP contribution in [0.3, 0.4) is 0 Å². The van der Waals surface area contributed by atoms with Crippen LogP contribution in [0.15, 0.2) is 78.4 Å². The molecular weight excluding hydrogens is 468 g/mol. The summed E-state index contributed by atoms with van der Waals surface area (Å²) in [6.45, 7) is 29.6. The third-order valence-electron chi connectivity index (χ3n) is 10.0. The highest BCUT2D eigenvalue weighted by Gasteiger charge is 2.35. The molecule has 0 heterocycles. The Hall–Kier alpha value is -3.38. The van der Waals surface area contributed by atoms with Crippen molar-refractivity contribution in [2.75, 3.05) is 0 Å². The summed E-state index contributed by atoms with van der Waals surface area (Å²) in [7, 11) is 0. The third-order valence-corrected chi connectivity index (χ3v) is 10.0. The normalized spacial score (nSPS) is 22.9. The van der Waals surface area contributed by atoms with Crippen molar-refractivity contribution in [1.82, 2.24) is 0 Å². The minimum absolute atomic E-state index is 0.162. The standard InChI is InChI=1S/C39H42/c1-20(2)31-16-30-15-29-13-25(8)32-17-36(29)39(30)37-19-35(26(9)14-28(37)12-22(5)27(32)10)38(21(3)4)34-18-33(31)23(6)11-24(34)7/h11,13-15,17-19,27,31,38-39H,1,3,5,12,16H2,2,4,6-10H3. The van der Waals surface area contributed by atoms with Gasteiger partial charge in [-0.2, -0.15) is 0 Å². The van der Waals surface area contributed by atoms with E-state index in [0.717, 1.165) is 12.8 Å². The summed E-state index contributed by atoms with van der Waals surface area (Å²) < 4.78 is 0. The van der Waals surface area contributed by atoms with Crippen LogP contribution in [0.2, 0.25) is 0 Å². The van der Waals surface area contributed by atoms with Crippen molar-refractivity contribution in [3.63, 3.8) is 0 Å². The highest BCUT2D eigenvalue weighted by Crippen LogP contribution is 2.52. The molecule has 0 radical (unpaired) electrons.